The van der Waals surface area contributed by atoms with Crippen molar-refractivity contribution in [2.75, 3.05) is 54.1 Å². The Labute approximate surface area is 329 Å². The van der Waals surface area contributed by atoms with Crippen molar-refractivity contribution < 1.29 is 37.3 Å². The SMILES string of the molecule is CCCCCCCC/C=C\CCCCCCCC(=O)O[C@@H](COCCCCCCCCCCCCCCCCCC)COP(=O)(O)OCC[N+](C)(C)C. The van der Waals surface area contributed by atoms with Gasteiger partial charge in [-0.3, -0.25) is 13.8 Å². The molecule has 1 unspecified atom stereocenters. The smallest absolute Gasteiger partial charge is 0.457 e. The first kappa shape index (κ1) is 52.2. The Balaban J connectivity index is 4.21. The summed E-state index contributed by atoms with van der Waals surface area (Å²) in [4.78, 5) is 22.9. The van der Waals surface area contributed by atoms with Crippen molar-refractivity contribution in [3.05, 3.63) is 12.2 Å². The van der Waals surface area contributed by atoms with Crippen LogP contribution in [0.3, 0.4) is 0 Å². The van der Waals surface area contributed by atoms with E-state index in [9.17, 15) is 14.3 Å². The molecule has 0 heterocycles. The van der Waals surface area contributed by atoms with E-state index in [4.69, 9.17) is 18.5 Å². The van der Waals surface area contributed by atoms with Gasteiger partial charge in [-0.25, -0.2) is 4.57 Å². The number of rotatable bonds is 42. The summed E-state index contributed by atoms with van der Waals surface area (Å²) in [6.07, 6.45) is 40.9. The normalized spacial score (nSPS) is 13.8. The summed E-state index contributed by atoms with van der Waals surface area (Å²) in [7, 11) is 1.67. The number of carbonyl (C=O) groups excluding carboxylic acids is 1. The van der Waals surface area contributed by atoms with Gasteiger partial charge in [-0.05, 0) is 38.5 Å². The van der Waals surface area contributed by atoms with Crippen molar-refractivity contribution in [1.82, 2.24) is 0 Å². The number of likely N-dealkylation sites (N-methyl/N-ethyl adjacent to an activating group) is 1. The molecule has 0 rings (SSSR count). The molecule has 0 aliphatic rings. The largest absolute Gasteiger partial charge is 0.472 e. The molecule has 1 N–H and O–H groups in total. The molecular weight excluding hydrogens is 685 g/mol. The molecule has 0 aromatic carbocycles. The highest BCUT2D eigenvalue weighted by Crippen LogP contribution is 2.43. The molecule has 0 aromatic rings. The molecule has 0 aliphatic carbocycles. The van der Waals surface area contributed by atoms with Crippen LogP contribution in [0.2, 0.25) is 0 Å². The molecule has 0 bridgehead atoms. The molecule has 8 nitrogen and oxygen atoms in total. The predicted octanol–water partition coefficient (Wildman–Crippen LogP) is 13.1. The summed E-state index contributed by atoms with van der Waals surface area (Å²) in [5, 5.41) is 0. The van der Waals surface area contributed by atoms with E-state index in [0.29, 0.717) is 24.1 Å². The number of esters is 1. The first-order valence-corrected chi connectivity index (χ1v) is 23.9. The minimum atomic E-state index is -4.27. The third kappa shape index (κ3) is 42.2. The maximum absolute atomic E-state index is 12.7. The number of nitrogens with zero attached hydrogens (tertiary/aromatic N) is 1. The molecule has 0 spiro atoms. The van der Waals surface area contributed by atoms with Gasteiger partial charge in [0, 0.05) is 13.0 Å². The zero-order chi connectivity index (χ0) is 39.1. The highest BCUT2D eigenvalue weighted by molar-refractivity contribution is 7.47. The molecule has 0 aromatic heterocycles. The first-order valence-electron chi connectivity index (χ1n) is 22.4. The summed E-state index contributed by atoms with van der Waals surface area (Å²) in [5.41, 5.74) is 0. The lowest BCUT2D eigenvalue weighted by atomic mass is 10.0. The van der Waals surface area contributed by atoms with E-state index >= 15 is 0 Å². The lowest BCUT2D eigenvalue weighted by molar-refractivity contribution is -0.870. The van der Waals surface area contributed by atoms with Gasteiger partial charge in [-0.15, -0.1) is 0 Å². The molecule has 0 saturated carbocycles. The van der Waals surface area contributed by atoms with Crippen LogP contribution in [0.25, 0.3) is 0 Å². The monoisotopic (exact) mass is 775 g/mol. The maximum Gasteiger partial charge on any atom is 0.472 e. The van der Waals surface area contributed by atoms with Crippen LogP contribution in [0, 0.1) is 0 Å². The number of quaternary nitrogens is 1. The highest BCUT2D eigenvalue weighted by Gasteiger charge is 2.26. The third-order valence-electron chi connectivity index (χ3n) is 9.83. The van der Waals surface area contributed by atoms with Crippen LogP contribution in [0.1, 0.15) is 206 Å². The van der Waals surface area contributed by atoms with Crippen molar-refractivity contribution in [1.29, 1.82) is 0 Å². The average molecular weight is 775 g/mol. The first-order chi connectivity index (χ1) is 25.6. The number of unbranched alkanes of at least 4 members (excludes halogenated alkanes) is 26. The Hall–Kier alpha value is -0.760. The Morgan fingerprint density at radius 1 is 0.566 bits per heavy atom. The summed E-state index contributed by atoms with van der Waals surface area (Å²) in [5.74, 6) is -0.319. The highest BCUT2D eigenvalue weighted by atomic mass is 31.2. The Bertz CT molecular complexity index is 863. The number of phosphoric acid groups is 1. The van der Waals surface area contributed by atoms with Crippen molar-refractivity contribution in [3.63, 3.8) is 0 Å². The van der Waals surface area contributed by atoms with E-state index < -0.39 is 13.9 Å². The van der Waals surface area contributed by atoms with Gasteiger partial charge in [0.1, 0.15) is 19.3 Å². The fourth-order valence-electron chi connectivity index (χ4n) is 6.31. The summed E-state index contributed by atoms with van der Waals surface area (Å²) in [6.45, 7) is 5.65. The second-order valence-electron chi connectivity index (χ2n) is 16.4. The minimum Gasteiger partial charge on any atom is -0.457 e. The minimum absolute atomic E-state index is 0.0902. The van der Waals surface area contributed by atoms with Crippen LogP contribution < -0.4 is 0 Å². The van der Waals surface area contributed by atoms with Crippen LogP contribution in [0.4, 0.5) is 0 Å². The Morgan fingerprint density at radius 2 is 0.981 bits per heavy atom. The Kier molecular flexibility index (Phi) is 37.6. The van der Waals surface area contributed by atoms with E-state index in [0.717, 1.165) is 38.5 Å². The topological polar surface area (TPSA) is 91.3 Å². The van der Waals surface area contributed by atoms with Crippen molar-refractivity contribution in [2.45, 2.75) is 213 Å². The van der Waals surface area contributed by atoms with Gasteiger partial charge in [0.15, 0.2) is 0 Å². The predicted molar refractivity (Wildman–Crippen MR) is 224 cm³/mol. The molecule has 9 heteroatoms. The van der Waals surface area contributed by atoms with Gasteiger partial charge >= 0.3 is 13.8 Å². The van der Waals surface area contributed by atoms with Crippen LogP contribution >= 0.6 is 7.82 Å². The number of ether oxygens (including phenoxy) is 2. The molecule has 2 atom stereocenters. The zero-order valence-corrected chi connectivity index (χ0v) is 36.7. The third-order valence-corrected chi connectivity index (χ3v) is 10.8. The van der Waals surface area contributed by atoms with E-state index in [1.165, 1.54) is 148 Å². The standard InChI is InChI=1S/C44H88NO7P/c1-6-8-10-12-14-16-18-20-22-24-26-28-30-32-34-36-39-49-41-43(42-51-53(47,48)50-40-38-45(3,4)5)52-44(46)37-35-33-31-29-27-25-23-21-19-17-15-13-11-9-7-2/h21,23,43H,6-20,22,24-42H2,1-5H3/p+1/b23-21-/t43-/m0/s1. The fraction of sp³-hybridized carbons (Fsp3) is 0.932. The molecule has 53 heavy (non-hydrogen) atoms. The number of allylic oxidation sites excluding steroid dienone is 2. The van der Waals surface area contributed by atoms with Crippen LogP contribution in [0.15, 0.2) is 12.2 Å². The van der Waals surface area contributed by atoms with Gasteiger partial charge in [0.05, 0.1) is 34.4 Å². The summed E-state index contributed by atoms with van der Waals surface area (Å²) < 4.78 is 35.0. The molecular formula is C44H89NO7P+. The summed E-state index contributed by atoms with van der Waals surface area (Å²) >= 11 is 0. The van der Waals surface area contributed by atoms with E-state index in [-0.39, 0.29) is 25.8 Å². The molecule has 0 saturated heterocycles. The van der Waals surface area contributed by atoms with E-state index in [1.54, 1.807) is 0 Å². The molecule has 316 valence electrons. The number of hydrogen-bond acceptors (Lipinski definition) is 6. The van der Waals surface area contributed by atoms with Crippen molar-refractivity contribution >= 4 is 13.8 Å². The molecule has 0 fully saturated rings. The quantitative estimate of drug-likeness (QED) is 0.0217. The van der Waals surface area contributed by atoms with Gasteiger partial charge in [-0.2, -0.15) is 0 Å². The van der Waals surface area contributed by atoms with Crippen molar-refractivity contribution in [2.24, 2.45) is 0 Å². The van der Waals surface area contributed by atoms with Crippen LogP contribution in [-0.4, -0.2) is 75.6 Å². The molecule has 0 amide bonds. The average Bonchev–Trinajstić information content (AvgIpc) is 3.11. The lowest BCUT2D eigenvalue weighted by Gasteiger charge is -2.24. The Morgan fingerprint density at radius 3 is 1.43 bits per heavy atom. The number of carbonyl (C=O) groups is 1. The lowest BCUT2D eigenvalue weighted by Crippen LogP contribution is -2.37. The van der Waals surface area contributed by atoms with E-state index in [2.05, 4.69) is 26.0 Å². The fourth-order valence-corrected chi connectivity index (χ4v) is 7.05. The number of phosphoric ester groups is 1. The summed E-state index contributed by atoms with van der Waals surface area (Å²) in [6, 6.07) is 0. The zero-order valence-electron chi connectivity index (χ0n) is 35.8. The molecule has 0 aliphatic heterocycles. The van der Waals surface area contributed by atoms with Gasteiger partial charge in [0.2, 0.25) is 0 Å². The van der Waals surface area contributed by atoms with Crippen LogP contribution in [-0.2, 0) is 27.9 Å². The van der Waals surface area contributed by atoms with Gasteiger partial charge in [-0.1, -0.05) is 174 Å². The second kappa shape index (κ2) is 38.1. The van der Waals surface area contributed by atoms with Gasteiger partial charge < -0.3 is 18.9 Å². The van der Waals surface area contributed by atoms with Gasteiger partial charge in [0.25, 0.3) is 0 Å². The number of hydrogen-bond donors (Lipinski definition) is 1. The van der Waals surface area contributed by atoms with E-state index in [1.807, 2.05) is 21.1 Å². The van der Waals surface area contributed by atoms with Crippen molar-refractivity contribution in [3.8, 4) is 0 Å². The van der Waals surface area contributed by atoms with Crippen LogP contribution in [0.5, 0.6) is 0 Å². The molecule has 0 radical (unpaired) electrons. The maximum atomic E-state index is 12.7. The second-order valence-corrected chi connectivity index (χ2v) is 17.9.